The van der Waals surface area contributed by atoms with Gasteiger partial charge in [-0.3, -0.25) is 4.79 Å². The van der Waals surface area contributed by atoms with E-state index < -0.39 is 26.0 Å². The average molecular weight is 345 g/mol. The molecule has 2 nitrogen and oxygen atoms in total. The van der Waals surface area contributed by atoms with Crippen molar-refractivity contribution in [2.45, 2.75) is 21.0 Å². The summed E-state index contributed by atoms with van der Waals surface area (Å²) in [6.07, 6.45) is -0.115. The first-order chi connectivity index (χ1) is 7.12. The molecule has 8 heteroatoms. The Bertz CT molecular complexity index is 419. The number of alkyl halides is 4. The standard InChI is InChI=1S/C8H4Cl6O2/c9-2-3(10)7(12)1-6(2,5(15)16)4(11)8(7,13)14/h4H,1H2,(H,15,16). The Labute approximate surface area is 121 Å². The minimum absolute atomic E-state index is 0.0415. The Balaban J connectivity index is 2.73. The lowest BCUT2D eigenvalue weighted by Gasteiger charge is -2.37. The molecular formula is C8H4Cl6O2. The molecule has 2 bridgehead atoms. The Hall–Kier alpha value is 0.950. The lowest BCUT2D eigenvalue weighted by atomic mass is 9.87. The van der Waals surface area contributed by atoms with Crippen molar-refractivity contribution >= 4 is 75.6 Å². The van der Waals surface area contributed by atoms with Crippen molar-refractivity contribution in [2.24, 2.45) is 5.41 Å². The number of fused-ring (bicyclic) bond motifs is 2. The normalized spacial score (nSPS) is 45.2. The largest absolute Gasteiger partial charge is 0.481 e. The molecule has 90 valence electrons. The predicted molar refractivity (Wildman–Crippen MR) is 66.1 cm³/mol. The molecule has 1 saturated carbocycles. The molecule has 0 amide bonds. The highest BCUT2D eigenvalue weighted by Crippen LogP contribution is 2.73. The number of carbonyl (C=O) groups is 1. The van der Waals surface area contributed by atoms with E-state index in [9.17, 15) is 9.90 Å². The Kier molecular flexibility index (Phi) is 2.92. The first kappa shape index (κ1) is 13.4. The van der Waals surface area contributed by atoms with Gasteiger partial charge in [0.05, 0.1) is 15.4 Å². The number of halogens is 6. The van der Waals surface area contributed by atoms with Gasteiger partial charge in [0.15, 0.2) is 4.33 Å². The van der Waals surface area contributed by atoms with Gasteiger partial charge >= 0.3 is 5.97 Å². The molecule has 0 aliphatic heterocycles. The van der Waals surface area contributed by atoms with Crippen molar-refractivity contribution < 1.29 is 9.90 Å². The molecule has 1 N–H and O–H groups in total. The maximum absolute atomic E-state index is 11.3. The topological polar surface area (TPSA) is 37.3 Å². The lowest BCUT2D eigenvalue weighted by molar-refractivity contribution is -0.145. The molecule has 0 aromatic heterocycles. The Morgan fingerprint density at radius 1 is 1.25 bits per heavy atom. The van der Waals surface area contributed by atoms with Crippen LogP contribution in [-0.2, 0) is 4.79 Å². The quantitative estimate of drug-likeness (QED) is 0.732. The molecule has 2 aliphatic rings. The summed E-state index contributed by atoms with van der Waals surface area (Å²) >= 11 is 36.0. The molecule has 2 rings (SSSR count). The van der Waals surface area contributed by atoms with Crippen LogP contribution in [0.15, 0.2) is 10.1 Å². The third kappa shape index (κ3) is 1.17. The predicted octanol–water partition coefficient (Wildman–Crippen LogP) is 3.92. The van der Waals surface area contributed by atoms with Gasteiger partial charge in [0.25, 0.3) is 0 Å². The number of carboxylic acid groups (broad SMARTS) is 1. The molecule has 0 radical (unpaired) electrons. The number of hydrogen-bond acceptors (Lipinski definition) is 1. The van der Waals surface area contributed by atoms with Crippen molar-refractivity contribution in [3.8, 4) is 0 Å². The maximum atomic E-state index is 11.3. The van der Waals surface area contributed by atoms with Gasteiger partial charge in [0.2, 0.25) is 0 Å². The van der Waals surface area contributed by atoms with Gasteiger partial charge in [0.1, 0.15) is 10.3 Å². The van der Waals surface area contributed by atoms with Crippen LogP contribution in [-0.4, -0.2) is 25.7 Å². The zero-order valence-electron chi connectivity index (χ0n) is 7.41. The smallest absolute Gasteiger partial charge is 0.316 e. The van der Waals surface area contributed by atoms with E-state index in [0.29, 0.717) is 0 Å². The van der Waals surface area contributed by atoms with E-state index in [1.54, 1.807) is 0 Å². The second-order valence-electron chi connectivity index (χ2n) is 3.87. The molecule has 3 atom stereocenters. The first-order valence-corrected chi connectivity index (χ1v) is 6.45. The second-order valence-corrected chi connectivity index (χ2v) is 7.09. The highest BCUT2D eigenvalue weighted by atomic mass is 35.5. The summed E-state index contributed by atoms with van der Waals surface area (Å²) in [5, 5.41) is 7.98. The molecule has 0 heterocycles. The van der Waals surface area contributed by atoms with Crippen LogP contribution >= 0.6 is 69.6 Å². The van der Waals surface area contributed by atoms with Gasteiger partial charge in [-0.1, -0.05) is 46.4 Å². The molecule has 1 fully saturated rings. The van der Waals surface area contributed by atoms with Crippen LogP contribution in [0.1, 0.15) is 6.42 Å². The van der Waals surface area contributed by atoms with Gasteiger partial charge in [-0.25, -0.2) is 0 Å². The summed E-state index contributed by atoms with van der Waals surface area (Å²) in [4.78, 5) is 9.90. The molecule has 0 spiro atoms. The van der Waals surface area contributed by atoms with Crippen LogP contribution in [0, 0.1) is 5.41 Å². The monoisotopic (exact) mass is 342 g/mol. The van der Waals surface area contributed by atoms with E-state index in [-0.39, 0.29) is 16.5 Å². The van der Waals surface area contributed by atoms with E-state index >= 15 is 0 Å². The van der Waals surface area contributed by atoms with Crippen molar-refractivity contribution in [2.75, 3.05) is 0 Å². The van der Waals surface area contributed by atoms with Gasteiger partial charge in [-0.2, -0.15) is 0 Å². The molecule has 0 aromatic carbocycles. The number of hydrogen-bond donors (Lipinski definition) is 1. The zero-order chi connectivity index (χ0) is 12.5. The SMILES string of the molecule is O=C(O)C12CC(Cl)(C(Cl)=C1Cl)C(Cl)(Cl)C2Cl. The molecule has 0 aromatic rings. The Morgan fingerprint density at radius 3 is 2.12 bits per heavy atom. The molecule has 16 heavy (non-hydrogen) atoms. The first-order valence-electron chi connectivity index (χ1n) is 4.13. The number of carboxylic acids is 1. The molecule has 3 unspecified atom stereocenters. The average Bonchev–Trinajstić information content (AvgIpc) is 2.48. The minimum atomic E-state index is -1.68. The van der Waals surface area contributed by atoms with Gasteiger partial charge in [-0.15, -0.1) is 23.2 Å². The van der Waals surface area contributed by atoms with Crippen molar-refractivity contribution in [1.29, 1.82) is 0 Å². The van der Waals surface area contributed by atoms with E-state index in [0.717, 1.165) is 0 Å². The van der Waals surface area contributed by atoms with Gasteiger partial charge < -0.3 is 5.11 Å². The van der Waals surface area contributed by atoms with E-state index in [4.69, 9.17) is 69.6 Å². The summed E-state index contributed by atoms with van der Waals surface area (Å²) in [6.45, 7) is 0. The van der Waals surface area contributed by atoms with E-state index in [1.165, 1.54) is 0 Å². The van der Waals surface area contributed by atoms with Crippen LogP contribution in [0.3, 0.4) is 0 Å². The summed E-state index contributed by atoms with van der Waals surface area (Å²) in [5.41, 5.74) is -1.61. The van der Waals surface area contributed by atoms with E-state index in [1.807, 2.05) is 0 Å². The summed E-state index contributed by atoms with van der Waals surface area (Å²) in [6, 6.07) is 0. The van der Waals surface area contributed by atoms with Crippen LogP contribution in [0.25, 0.3) is 0 Å². The Morgan fingerprint density at radius 2 is 1.75 bits per heavy atom. The van der Waals surface area contributed by atoms with Gasteiger partial charge in [-0.05, 0) is 6.42 Å². The fourth-order valence-electron chi connectivity index (χ4n) is 2.16. The number of allylic oxidation sites excluding steroid dienone is 1. The summed E-state index contributed by atoms with van der Waals surface area (Å²) in [5.74, 6) is -1.23. The maximum Gasteiger partial charge on any atom is 0.316 e. The third-order valence-electron chi connectivity index (χ3n) is 3.12. The van der Waals surface area contributed by atoms with Gasteiger partial charge in [0, 0.05) is 0 Å². The summed E-state index contributed by atoms with van der Waals surface area (Å²) < 4.78 is -1.68. The van der Waals surface area contributed by atoms with Crippen LogP contribution in [0.2, 0.25) is 0 Å². The molecule has 0 saturated heterocycles. The minimum Gasteiger partial charge on any atom is -0.481 e. The fourth-order valence-corrected chi connectivity index (χ4v) is 4.80. The van der Waals surface area contributed by atoms with Crippen LogP contribution < -0.4 is 0 Å². The van der Waals surface area contributed by atoms with Crippen LogP contribution in [0.4, 0.5) is 0 Å². The zero-order valence-corrected chi connectivity index (χ0v) is 11.9. The molecular weight excluding hydrogens is 341 g/mol. The van der Waals surface area contributed by atoms with Crippen molar-refractivity contribution in [1.82, 2.24) is 0 Å². The van der Waals surface area contributed by atoms with Crippen molar-refractivity contribution in [3.05, 3.63) is 10.1 Å². The molecule has 2 aliphatic carbocycles. The fraction of sp³-hybridized carbons (Fsp3) is 0.625. The lowest BCUT2D eigenvalue weighted by Crippen LogP contribution is -2.48. The highest BCUT2D eigenvalue weighted by Gasteiger charge is 2.78. The van der Waals surface area contributed by atoms with E-state index in [2.05, 4.69) is 0 Å². The number of rotatable bonds is 1. The van der Waals surface area contributed by atoms with Crippen molar-refractivity contribution in [3.63, 3.8) is 0 Å². The second kappa shape index (κ2) is 3.49. The highest BCUT2D eigenvalue weighted by molar-refractivity contribution is 6.62. The number of aliphatic carboxylic acids is 1. The van der Waals surface area contributed by atoms with Crippen LogP contribution in [0.5, 0.6) is 0 Å². The third-order valence-corrected chi connectivity index (χ3v) is 7.17. The summed E-state index contributed by atoms with van der Waals surface area (Å²) in [7, 11) is 0.